The first-order valence-electron chi connectivity index (χ1n) is 7.93. The molecule has 1 N–H and O–H groups in total. The van der Waals surface area contributed by atoms with Gasteiger partial charge in [-0.25, -0.2) is 9.97 Å². The van der Waals surface area contributed by atoms with E-state index >= 15 is 0 Å². The Hall–Kier alpha value is -3.25. The number of aryl methyl sites for hydroxylation is 1. The first-order chi connectivity index (χ1) is 12.7. The standard InChI is InChI=1S/C19H14ClN5O/c1-12-5-2-3-8-15(12)18-24-19(26-25-18)16-10-21-11-22-17(16)23-14-7-4-6-13(20)9-14/h2-11H,1H3,(H,21,22,23). The summed E-state index contributed by atoms with van der Waals surface area (Å²) in [7, 11) is 0. The lowest BCUT2D eigenvalue weighted by atomic mass is 10.1. The van der Waals surface area contributed by atoms with Gasteiger partial charge in [0.05, 0.1) is 0 Å². The molecule has 0 unspecified atom stereocenters. The first-order valence-corrected chi connectivity index (χ1v) is 8.31. The summed E-state index contributed by atoms with van der Waals surface area (Å²) in [5.74, 6) is 1.42. The van der Waals surface area contributed by atoms with Crippen molar-refractivity contribution in [1.29, 1.82) is 0 Å². The van der Waals surface area contributed by atoms with Gasteiger partial charge in [-0.2, -0.15) is 4.98 Å². The van der Waals surface area contributed by atoms with Gasteiger partial charge in [0, 0.05) is 22.5 Å². The van der Waals surface area contributed by atoms with Crippen molar-refractivity contribution in [1.82, 2.24) is 20.1 Å². The maximum atomic E-state index is 6.04. The minimum absolute atomic E-state index is 0.341. The summed E-state index contributed by atoms with van der Waals surface area (Å²) in [5.41, 5.74) is 3.40. The van der Waals surface area contributed by atoms with Crippen LogP contribution in [-0.4, -0.2) is 20.1 Å². The van der Waals surface area contributed by atoms with Crippen LogP contribution in [0.1, 0.15) is 5.56 Å². The SMILES string of the molecule is Cc1ccccc1-c1noc(-c2cncnc2Nc2cccc(Cl)c2)n1. The van der Waals surface area contributed by atoms with Crippen LogP contribution < -0.4 is 5.32 Å². The monoisotopic (exact) mass is 363 g/mol. The highest BCUT2D eigenvalue weighted by atomic mass is 35.5. The summed E-state index contributed by atoms with van der Waals surface area (Å²) < 4.78 is 5.46. The number of nitrogens with zero attached hydrogens (tertiary/aromatic N) is 4. The Labute approximate surface area is 154 Å². The largest absolute Gasteiger partial charge is 0.339 e. The van der Waals surface area contributed by atoms with Crippen LogP contribution in [0.4, 0.5) is 11.5 Å². The second-order valence-electron chi connectivity index (χ2n) is 5.66. The van der Waals surface area contributed by atoms with E-state index in [4.69, 9.17) is 16.1 Å². The molecule has 7 heteroatoms. The predicted octanol–water partition coefficient (Wildman–Crippen LogP) is 4.90. The molecule has 0 spiro atoms. The zero-order valence-electron chi connectivity index (χ0n) is 13.8. The van der Waals surface area contributed by atoms with Gasteiger partial charge in [0.25, 0.3) is 5.89 Å². The number of nitrogens with one attached hydrogen (secondary N) is 1. The van der Waals surface area contributed by atoms with Crippen LogP contribution in [0.3, 0.4) is 0 Å². The van der Waals surface area contributed by atoms with Crippen LogP contribution in [0, 0.1) is 6.92 Å². The highest BCUT2D eigenvalue weighted by Crippen LogP contribution is 2.29. The third kappa shape index (κ3) is 3.27. The molecule has 0 amide bonds. The topological polar surface area (TPSA) is 76.7 Å². The van der Waals surface area contributed by atoms with E-state index in [2.05, 4.69) is 25.4 Å². The summed E-state index contributed by atoms with van der Waals surface area (Å²) in [6, 6.07) is 15.2. The molecule has 0 aliphatic heterocycles. The number of hydrogen-bond donors (Lipinski definition) is 1. The van der Waals surface area contributed by atoms with Crippen LogP contribution in [0.25, 0.3) is 22.8 Å². The number of anilines is 2. The van der Waals surface area contributed by atoms with Crippen molar-refractivity contribution in [2.24, 2.45) is 0 Å². The Balaban J connectivity index is 1.70. The molecule has 0 bridgehead atoms. The van der Waals surface area contributed by atoms with Gasteiger partial charge in [-0.05, 0) is 30.7 Å². The molecule has 4 rings (SSSR count). The third-order valence-electron chi connectivity index (χ3n) is 3.84. The molecule has 0 aliphatic carbocycles. The average Bonchev–Trinajstić information content (AvgIpc) is 3.12. The maximum Gasteiger partial charge on any atom is 0.263 e. The van der Waals surface area contributed by atoms with Gasteiger partial charge >= 0.3 is 0 Å². The molecule has 6 nitrogen and oxygen atoms in total. The lowest BCUT2D eigenvalue weighted by molar-refractivity contribution is 0.432. The van der Waals surface area contributed by atoms with Crippen LogP contribution in [0.5, 0.6) is 0 Å². The number of hydrogen-bond acceptors (Lipinski definition) is 6. The zero-order chi connectivity index (χ0) is 17.9. The second kappa shape index (κ2) is 6.93. The lowest BCUT2D eigenvalue weighted by Crippen LogP contribution is -1.97. The molecule has 128 valence electrons. The molecule has 0 radical (unpaired) electrons. The van der Waals surface area contributed by atoms with Crippen LogP contribution in [-0.2, 0) is 0 Å². The number of halogens is 1. The number of rotatable bonds is 4. The zero-order valence-corrected chi connectivity index (χ0v) is 14.6. The Kier molecular flexibility index (Phi) is 4.33. The molecular weight excluding hydrogens is 350 g/mol. The van der Waals surface area contributed by atoms with E-state index in [-0.39, 0.29) is 0 Å². The van der Waals surface area contributed by atoms with E-state index in [1.165, 1.54) is 6.33 Å². The number of benzene rings is 2. The molecule has 2 aromatic heterocycles. The third-order valence-corrected chi connectivity index (χ3v) is 4.08. The van der Waals surface area contributed by atoms with E-state index in [0.29, 0.717) is 28.1 Å². The molecule has 0 fully saturated rings. The Bertz CT molecular complexity index is 1060. The Morgan fingerprint density at radius 3 is 2.77 bits per heavy atom. The fourth-order valence-electron chi connectivity index (χ4n) is 2.55. The first kappa shape index (κ1) is 16.2. The molecule has 2 heterocycles. The fraction of sp³-hybridized carbons (Fsp3) is 0.0526. The smallest absolute Gasteiger partial charge is 0.263 e. The van der Waals surface area contributed by atoms with Crippen molar-refractivity contribution in [3.8, 4) is 22.8 Å². The summed E-state index contributed by atoms with van der Waals surface area (Å²) in [6.07, 6.45) is 3.09. The molecule has 26 heavy (non-hydrogen) atoms. The van der Waals surface area contributed by atoms with E-state index in [1.807, 2.05) is 43.3 Å². The van der Waals surface area contributed by atoms with Crippen molar-refractivity contribution in [3.05, 3.63) is 71.6 Å². The van der Waals surface area contributed by atoms with Gasteiger partial charge < -0.3 is 9.84 Å². The van der Waals surface area contributed by atoms with E-state index < -0.39 is 0 Å². The highest BCUT2D eigenvalue weighted by molar-refractivity contribution is 6.30. The molecule has 2 aromatic carbocycles. The summed E-state index contributed by atoms with van der Waals surface area (Å²) >= 11 is 6.04. The Morgan fingerprint density at radius 1 is 1.04 bits per heavy atom. The number of aromatic nitrogens is 4. The Morgan fingerprint density at radius 2 is 1.92 bits per heavy atom. The van der Waals surface area contributed by atoms with Crippen LogP contribution >= 0.6 is 11.6 Å². The van der Waals surface area contributed by atoms with E-state index in [9.17, 15) is 0 Å². The van der Waals surface area contributed by atoms with Crippen LogP contribution in [0.15, 0.2) is 65.6 Å². The van der Waals surface area contributed by atoms with Gasteiger partial charge in [-0.15, -0.1) is 0 Å². The van der Waals surface area contributed by atoms with Crippen molar-refractivity contribution in [2.75, 3.05) is 5.32 Å². The summed E-state index contributed by atoms with van der Waals surface area (Å²) in [6.45, 7) is 2.00. The fourth-order valence-corrected chi connectivity index (χ4v) is 2.75. The van der Waals surface area contributed by atoms with E-state index in [0.717, 1.165) is 16.8 Å². The molecule has 0 aliphatic rings. The molecule has 0 atom stereocenters. The maximum absolute atomic E-state index is 6.04. The second-order valence-corrected chi connectivity index (χ2v) is 6.09. The van der Waals surface area contributed by atoms with Crippen LogP contribution in [0.2, 0.25) is 5.02 Å². The normalized spacial score (nSPS) is 10.7. The van der Waals surface area contributed by atoms with Gasteiger partial charge in [-0.1, -0.05) is 47.1 Å². The van der Waals surface area contributed by atoms with Crippen molar-refractivity contribution >= 4 is 23.1 Å². The van der Waals surface area contributed by atoms with Gasteiger partial charge in [0.1, 0.15) is 17.7 Å². The highest BCUT2D eigenvalue weighted by Gasteiger charge is 2.16. The van der Waals surface area contributed by atoms with Crippen molar-refractivity contribution in [2.45, 2.75) is 6.92 Å². The molecular formula is C19H14ClN5O. The van der Waals surface area contributed by atoms with E-state index in [1.54, 1.807) is 18.3 Å². The van der Waals surface area contributed by atoms with Gasteiger partial charge in [-0.3, -0.25) is 0 Å². The minimum atomic E-state index is 0.341. The average molecular weight is 364 g/mol. The predicted molar refractivity (Wildman–Crippen MR) is 100 cm³/mol. The van der Waals surface area contributed by atoms with Crippen molar-refractivity contribution < 1.29 is 4.52 Å². The van der Waals surface area contributed by atoms with Gasteiger partial charge in [0.2, 0.25) is 5.82 Å². The lowest BCUT2D eigenvalue weighted by Gasteiger charge is -2.08. The van der Waals surface area contributed by atoms with Crippen molar-refractivity contribution in [3.63, 3.8) is 0 Å². The summed E-state index contributed by atoms with van der Waals surface area (Å²) in [5, 5.41) is 7.93. The molecule has 4 aromatic rings. The summed E-state index contributed by atoms with van der Waals surface area (Å²) in [4.78, 5) is 12.9. The van der Waals surface area contributed by atoms with Gasteiger partial charge in [0.15, 0.2) is 0 Å². The minimum Gasteiger partial charge on any atom is -0.339 e. The quantitative estimate of drug-likeness (QED) is 0.555. The molecule has 0 saturated carbocycles. The molecule has 0 saturated heterocycles.